The fourth-order valence-corrected chi connectivity index (χ4v) is 4.81. The fraction of sp³-hybridized carbons (Fsp3) is 0.333. The lowest BCUT2D eigenvalue weighted by atomic mass is 9.89. The van der Waals surface area contributed by atoms with E-state index in [0.717, 1.165) is 22.2 Å². The molecular formula is C24H21BrF3N5O5. The van der Waals surface area contributed by atoms with Gasteiger partial charge in [0.05, 0.1) is 25.5 Å². The number of aliphatic hydroxyl groups is 2. The number of nitrogens with zero attached hydrogens (tertiary/aromatic N) is 5. The molecular weight excluding hydrogens is 575 g/mol. The van der Waals surface area contributed by atoms with Gasteiger partial charge in [0.2, 0.25) is 0 Å². The van der Waals surface area contributed by atoms with Crippen molar-refractivity contribution in [3.8, 4) is 11.3 Å². The van der Waals surface area contributed by atoms with Crippen LogP contribution >= 0.6 is 15.9 Å². The van der Waals surface area contributed by atoms with Crippen molar-refractivity contribution in [2.24, 2.45) is 0 Å². The molecule has 1 aliphatic heterocycles. The van der Waals surface area contributed by atoms with Gasteiger partial charge in [0.1, 0.15) is 42.0 Å². The van der Waals surface area contributed by atoms with Crippen molar-refractivity contribution in [1.82, 2.24) is 25.1 Å². The molecule has 14 heteroatoms. The van der Waals surface area contributed by atoms with Gasteiger partial charge in [-0.1, -0.05) is 10.4 Å². The third kappa shape index (κ3) is 5.49. The highest BCUT2D eigenvalue weighted by Crippen LogP contribution is 2.35. The molecule has 0 radical (unpaired) electrons. The van der Waals surface area contributed by atoms with Gasteiger partial charge < -0.3 is 24.2 Å². The van der Waals surface area contributed by atoms with E-state index in [1.807, 2.05) is 6.07 Å². The maximum atomic E-state index is 13.8. The minimum absolute atomic E-state index is 0.000706. The van der Waals surface area contributed by atoms with E-state index >= 15 is 0 Å². The molecule has 38 heavy (non-hydrogen) atoms. The predicted octanol–water partition coefficient (Wildman–Crippen LogP) is 3.00. The average Bonchev–Trinajstić information content (AvgIpc) is 3.59. The Hall–Kier alpha value is -3.17. The normalized spacial score (nSPS) is 23.6. The zero-order valence-corrected chi connectivity index (χ0v) is 21.1. The molecule has 200 valence electrons. The molecule has 0 bridgehead atoms. The summed E-state index contributed by atoms with van der Waals surface area (Å²) in [6, 6.07) is 4.11. The topological polar surface area (TPSA) is 129 Å². The van der Waals surface area contributed by atoms with E-state index < -0.39 is 54.5 Å². The molecule has 4 heterocycles. The zero-order chi connectivity index (χ0) is 26.8. The van der Waals surface area contributed by atoms with E-state index in [9.17, 15) is 23.4 Å². The molecule has 3 aromatic heterocycles. The second-order valence-electron chi connectivity index (χ2n) is 8.70. The Morgan fingerprint density at radius 3 is 2.58 bits per heavy atom. The van der Waals surface area contributed by atoms with Crippen LogP contribution in [0.25, 0.3) is 11.3 Å². The molecule has 1 aromatic carbocycles. The third-order valence-corrected chi connectivity index (χ3v) is 6.61. The monoisotopic (exact) mass is 595 g/mol. The lowest BCUT2D eigenvalue weighted by Gasteiger charge is -2.44. The van der Waals surface area contributed by atoms with E-state index in [-0.39, 0.29) is 17.9 Å². The molecule has 1 fully saturated rings. The largest absolute Gasteiger partial charge is 0.394 e. The number of aromatic nitrogens is 5. The van der Waals surface area contributed by atoms with Gasteiger partial charge in [-0.15, -0.1) is 5.10 Å². The molecule has 0 saturated carbocycles. The van der Waals surface area contributed by atoms with Crippen LogP contribution in [0.4, 0.5) is 13.2 Å². The van der Waals surface area contributed by atoms with Crippen molar-refractivity contribution < 1.29 is 37.4 Å². The first-order valence-corrected chi connectivity index (χ1v) is 12.2. The molecule has 0 amide bonds. The molecule has 0 spiro atoms. The molecule has 0 aliphatic carbocycles. The summed E-state index contributed by atoms with van der Waals surface area (Å²) in [5.41, 5.74) is 1.26. The standard InChI is InChI=1S/C24H21BrF3N5O5/c25-14-3-12(7-29-8-14)4-19-24(36-11-15-1-2-37-31-15)22(23(35)20(10-34)38-19)33-9-18(30-32-33)13-5-16(26)21(28)17(27)6-13/h1-3,5-9,19-20,22-24,34-35H,4,10-11H2/t19-,20?,22+,23+,24?/m1/s1. The number of rotatable bonds is 8. The first kappa shape index (κ1) is 26.4. The quantitative estimate of drug-likeness (QED) is 0.295. The lowest BCUT2D eigenvalue weighted by Crippen LogP contribution is -2.57. The predicted molar refractivity (Wildman–Crippen MR) is 127 cm³/mol. The Kier molecular flexibility index (Phi) is 7.85. The van der Waals surface area contributed by atoms with Crippen LogP contribution in [0, 0.1) is 17.5 Å². The van der Waals surface area contributed by atoms with Gasteiger partial charge in [0, 0.05) is 34.9 Å². The first-order chi connectivity index (χ1) is 18.3. The van der Waals surface area contributed by atoms with Crippen LogP contribution in [0.2, 0.25) is 0 Å². The van der Waals surface area contributed by atoms with Crippen LogP contribution in [0.3, 0.4) is 0 Å². The number of ether oxygens (including phenoxy) is 2. The second-order valence-corrected chi connectivity index (χ2v) is 9.61. The van der Waals surface area contributed by atoms with Crippen LogP contribution < -0.4 is 0 Å². The summed E-state index contributed by atoms with van der Waals surface area (Å²) in [4.78, 5) is 4.17. The maximum absolute atomic E-state index is 13.8. The van der Waals surface area contributed by atoms with Gasteiger partial charge in [-0.2, -0.15) is 0 Å². The average molecular weight is 596 g/mol. The van der Waals surface area contributed by atoms with Gasteiger partial charge in [-0.25, -0.2) is 17.9 Å². The van der Waals surface area contributed by atoms with Crippen molar-refractivity contribution in [1.29, 1.82) is 0 Å². The smallest absolute Gasteiger partial charge is 0.194 e. The molecule has 5 rings (SSSR count). The van der Waals surface area contributed by atoms with Crippen LogP contribution in [-0.4, -0.2) is 66.4 Å². The number of hydrogen-bond donors (Lipinski definition) is 2. The molecule has 5 atom stereocenters. The van der Waals surface area contributed by atoms with Crippen LogP contribution in [0.15, 0.2) is 58.1 Å². The summed E-state index contributed by atoms with van der Waals surface area (Å²) in [6.45, 7) is -0.502. The van der Waals surface area contributed by atoms with Crippen molar-refractivity contribution in [3.63, 3.8) is 0 Å². The van der Waals surface area contributed by atoms with Crippen molar-refractivity contribution in [3.05, 3.63) is 82.3 Å². The number of benzene rings is 1. The Labute approximate surface area is 222 Å². The lowest BCUT2D eigenvalue weighted by molar-refractivity contribution is -0.221. The summed E-state index contributed by atoms with van der Waals surface area (Å²) in [5.74, 6) is -4.35. The van der Waals surface area contributed by atoms with Gasteiger partial charge in [0.15, 0.2) is 17.5 Å². The van der Waals surface area contributed by atoms with E-state index in [1.165, 1.54) is 17.1 Å². The number of aliphatic hydroxyl groups excluding tert-OH is 2. The Morgan fingerprint density at radius 1 is 1.11 bits per heavy atom. The molecule has 10 nitrogen and oxygen atoms in total. The Balaban J connectivity index is 1.51. The summed E-state index contributed by atoms with van der Waals surface area (Å²) in [6.07, 6.45) is 2.44. The fourth-order valence-electron chi connectivity index (χ4n) is 4.40. The summed E-state index contributed by atoms with van der Waals surface area (Å²) >= 11 is 3.39. The van der Waals surface area contributed by atoms with E-state index in [4.69, 9.17) is 14.0 Å². The Morgan fingerprint density at radius 2 is 1.89 bits per heavy atom. The van der Waals surface area contributed by atoms with Gasteiger partial charge >= 0.3 is 0 Å². The number of pyridine rings is 1. The molecule has 1 aliphatic rings. The second kappa shape index (κ2) is 11.3. The summed E-state index contributed by atoms with van der Waals surface area (Å²) < 4.78 is 60.2. The number of halogens is 4. The molecule has 2 N–H and O–H groups in total. The van der Waals surface area contributed by atoms with Crippen molar-refractivity contribution in [2.75, 3.05) is 6.61 Å². The third-order valence-electron chi connectivity index (χ3n) is 6.17. The number of hydrogen-bond acceptors (Lipinski definition) is 9. The van der Waals surface area contributed by atoms with Crippen molar-refractivity contribution in [2.45, 2.75) is 43.5 Å². The first-order valence-electron chi connectivity index (χ1n) is 11.5. The molecule has 1 saturated heterocycles. The van der Waals surface area contributed by atoms with Crippen LogP contribution in [0.1, 0.15) is 17.3 Å². The molecule has 4 aromatic rings. The van der Waals surface area contributed by atoms with Gasteiger partial charge in [0.25, 0.3) is 0 Å². The zero-order valence-electron chi connectivity index (χ0n) is 19.5. The minimum Gasteiger partial charge on any atom is -0.394 e. The van der Waals surface area contributed by atoms with Crippen molar-refractivity contribution >= 4 is 15.9 Å². The highest BCUT2D eigenvalue weighted by Gasteiger charge is 2.47. The van der Waals surface area contributed by atoms with Gasteiger partial charge in [-0.3, -0.25) is 4.98 Å². The van der Waals surface area contributed by atoms with Gasteiger partial charge in [-0.05, 0) is 39.7 Å². The van der Waals surface area contributed by atoms with Crippen LogP contribution in [-0.2, 0) is 22.5 Å². The van der Waals surface area contributed by atoms with E-state index in [1.54, 1.807) is 18.5 Å². The summed E-state index contributed by atoms with van der Waals surface area (Å²) in [5, 5.41) is 33.0. The molecule has 2 unspecified atom stereocenters. The minimum atomic E-state index is -1.60. The Bertz CT molecular complexity index is 1370. The summed E-state index contributed by atoms with van der Waals surface area (Å²) in [7, 11) is 0. The maximum Gasteiger partial charge on any atom is 0.194 e. The van der Waals surface area contributed by atoms with E-state index in [0.29, 0.717) is 12.1 Å². The SMILES string of the molecule is OCC1O[C@H](Cc2cncc(Br)c2)C(OCc2ccon2)[C@@H](n2cc(-c3cc(F)c(F)c(F)c3)nn2)[C@H]1O. The van der Waals surface area contributed by atoms with E-state index in [2.05, 4.69) is 36.4 Å². The van der Waals surface area contributed by atoms with Crippen LogP contribution in [0.5, 0.6) is 0 Å². The highest BCUT2D eigenvalue weighted by atomic mass is 79.9. The highest BCUT2D eigenvalue weighted by molar-refractivity contribution is 9.10.